The van der Waals surface area contributed by atoms with Crippen LogP contribution in [0.5, 0.6) is 0 Å². The number of hydrogen-bond donors (Lipinski definition) is 2. The number of para-hydroxylation sites is 1. The first-order valence-electron chi connectivity index (χ1n) is 7.49. The first-order valence-corrected chi connectivity index (χ1v) is 7.49. The lowest BCUT2D eigenvalue weighted by molar-refractivity contribution is -0.141. The van der Waals surface area contributed by atoms with Crippen molar-refractivity contribution in [2.24, 2.45) is 5.92 Å². The minimum Gasteiger partial charge on any atom is -0.481 e. The predicted molar refractivity (Wildman–Crippen MR) is 89.7 cm³/mol. The number of hydrogen-bond acceptors (Lipinski definition) is 3. The number of aryl methyl sites for hydroxylation is 1. The Kier molecular flexibility index (Phi) is 3.78. The summed E-state index contributed by atoms with van der Waals surface area (Å²) in [6.07, 6.45) is 7.21. The van der Waals surface area contributed by atoms with Crippen LogP contribution in [0.25, 0.3) is 5.69 Å². The number of benzene rings is 1. The smallest absolute Gasteiger partial charge is 0.313 e. The molecule has 1 aromatic carbocycles. The third-order valence-corrected chi connectivity index (χ3v) is 4.00. The fraction of sp³-hybridized carbons (Fsp3) is 0.222. The summed E-state index contributed by atoms with van der Waals surface area (Å²) in [5.41, 5.74) is 1.07. The van der Waals surface area contributed by atoms with Gasteiger partial charge in [0.15, 0.2) is 0 Å². The van der Waals surface area contributed by atoms with Crippen LogP contribution < -0.4 is 5.32 Å². The van der Waals surface area contributed by atoms with Crippen LogP contribution in [0.2, 0.25) is 0 Å². The van der Waals surface area contributed by atoms with Crippen molar-refractivity contribution in [3.63, 3.8) is 0 Å². The number of anilines is 1. The second-order valence-corrected chi connectivity index (χ2v) is 5.89. The van der Waals surface area contributed by atoms with E-state index in [0.717, 1.165) is 17.2 Å². The highest BCUT2D eigenvalue weighted by Gasteiger charge is 2.37. The first kappa shape index (κ1) is 15.1. The van der Waals surface area contributed by atoms with Crippen LogP contribution in [-0.2, 0) is 4.79 Å². The number of carboxylic acids is 1. The third kappa shape index (κ3) is 2.90. The topological polar surface area (TPSA) is 67.2 Å². The summed E-state index contributed by atoms with van der Waals surface area (Å²) < 4.78 is 1.80. The molecule has 0 amide bonds. The van der Waals surface area contributed by atoms with Crippen molar-refractivity contribution in [2.75, 3.05) is 5.32 Å². The molecule has 0 aliphatic heterocycles. The van der Waals surface area contributed by atoms with Gasteiger partial charge in [-0.2, -0.15) is 5.10 Å². The maximum Gasteiger partial charge on any atom is 0.313 e. The molecule has 5 heteroatoms. The van der Waals surface area contributed by atoms with Crippen LogP contribution in [0.1, 0.15) is 12.6 Å². The average molecular weight is 309 g/mol. The predicted octanol–water partition coefficient (Wildman–Crippen LogP) is 3.18. The molecular formula is C18H19N3O2. The van der Waals surface area contributed by atoms with Crippen molar-refractivity contribution in [3.8, 4) is 5.69 Å². The van der Waals surface area contributed by atoms with Gasteiger partial charge in [-0.05, 0) is 26.0 Å². The monoisotopic (exact) mass is 309 g/mol. The van der Waals surface area contributed by atoms with E-state index in [1.54, 1.807) is 16.8 Å². The lowest BCUT2D eigenvalue weighted by atomic mass is 9.82. The fourth-order valence-corrected chi connectivity index (χ4v) is 2.82. The molecule has 2 N–H and O–H groups in total. The summed E-state index contributed by atoms with van der Waals surface area (Å²) in [5, 5.41) is 17.4. The maximum absolute atomic E-state index is 11.6. The molecule has 118 valence electrons. The van der Waals surface area contributed by atoms with Gasteiger partial charge in [0.25, 0.3) is 0 Å². The van der Waals surface area contributed by atoms with Gasteiger partial charge in [0.2, 0.25) is 0 Å². The van der Waals surface area contributed by atoms with Gasteiger partial charge in [0, 0.05) is 6.07 Å². The van der Waals surface area contributed by atoms with Crippen LogP contribution in [0, 0.1) is 12.8 Å². The normalized spacial score (nSPS) is 23.0. The Morgan fingerprint density at radius 3 is 2.74 bits per heavy atom. The number of aromatic nitrogens is 2. The van der Waals surface area contributed by atoms with E-state index in [1.165, 1.54) is 0 Å². The van der Waals surface area contributed by atoms with Gasteiger partial charge in [-0.1, -0.05) is 42.5 Å². The molecule has 3 rings (SSSR count). The van der Waals surface area contributed by atoms with E-state index in [4.69, 9.17) is 0 Å². The van der Waals surface area contributed by atoms with E-state index in [0.29, 0.717) is 0 Å². The number of carbonyl (C=O) groups is 1. The summed E-state index contributed by atoms with van der Waals surface area (Å²) in [4.78, 5) is 11.6. The van der Waals surface area contributed by atoms with Crippen molar-refractivity contribution >= 4 is 11.8 Å². The van der Waals surface area contributed by atoms with Crippen LogP contribution in [0.3, 0.4) is 0 Å². The molecule has 0 saturated carbocycles. The van der Waals surface area contributed by atoms with Crippen molar-refractivity contribution < 1.29 is 9.90 Å². The second kappa shape index (κ2) is 5.76. The van der Waals surface area contributed by atoms with Crippen molar-refractivity contribution in [3.05, 3.63) is 66.4 Å². The van der Waals surface area contributed by atoms with Gasteiger partial charge in [-0.25, -0.2) is 4.68 Å². The van der Waals surface area contributed by atoms with Gasteiger partial charge in [0.05, 0.1) is 16.9 Å². The molecule has 0 fully saturated rings. The van der Waals surface area contributed by atoms with Crippen molar-refractivity contribution in [1.29, 1.82) is 0 Å². The molecule has 0 radical (unpaired) electrons. The molecule has 1 heterocycles. The lowest BCUT2D eigenvalue weighted by Crippen LogP contribution is -2.45. The zero-order chi connectivity index (χ0) is 16.4. The van der Waals surface area contributed by atoms with Crippen molar-refractivity contribution in [1.82, 2.24) is 9.78 Å². The Morgan fingerprint density at radius 2 is 2.04 bits per heavy atom. The minimum absolute atomic E-state index is 0.646. The molecule has 1 aliphatic carbocycles. The Hall–Kier alpha value is -2.82. The van der Waals surface area contributed by atoms with E-state index >= 15 is 0 Å². The third-order valence-electron chi connectivity index (χ3n) is 4.00. The highest BCUT2D eigenvalue weighted by Crippen LogP contribution is 2.30. The Morgan fingerprint density at radius 1 is 1.30 bits per heavy atom. The van der Waals surface area contributed by atoms with Gasteiger partial charge in [-0.15, -0.1) is 0 Å². The number of aliphatic carboxylic acids is 1. The zero-order valence-corrected chi connectivity index (χ0v) is 13.1. The van der Waals surface area contributed by atoms with Crippen LogP contribution in [-0.4, -0.2) is 26.4 Å². The average Bonchev–Trinajstić information content (AvgIpc) is 2.88. The van der Waals surface area contributed by atoms with E-state index < -0.39 is 17.4 Å². The number of nitrogens with one attached hydrogen (secondary N) is 1. The summed E-state index contributed by atoms with van der Waals surface area (Å²) in [6.45, 7) is 3.79. The SMILES string of the molecule is Cc1cc(NC2(C)C=CC=CC2C(=O)O)n(-c2ccccc2)n1. The quantitative estimate of drug-likeness (QED) is 0.910. The van der Waals surface area contributed by atoms with Crippen molar-refractivity contribution in [2.45, 2.75) is 19.4 Å². The molecule has 0 saturated heterocycles. The number of carboxylic acid groups (broad SMARTS) is 1. The Labute approximate surface area is 135 Å². The van der Waals surface area contributed by atoms with E-state index in [1.807, 2.05) is 62.4 Å². The molecule has 23 heavy (non-hydrogen) atoms. The Bertz CT molecular complexity index is 777. The van der Waals surface area contributed by atoms with Crippen LogP contribution in [0.15, 0.2) is 60.7 Å². The fourth-order valence-electron chi connectivity index (χ4n) is 2.82. The molecule has 2 atom stereocenters. The summed E-state index contributed by atoms with van der Waals surface area (Å²) in [7, 11) is 0. The summed E-state index contributed by atoms with van der Waals surface area (Å²) >= 11 is 0. The van der Waals surface area contributed by atoms with Crippen LogP contribution >= 0.6 is 0 Å². The van der Waals surface area contributed by atoms with E-state index in [9.17, 15) is 9.90 Å². The van der Waals surface area contributed by atoms with Gasteiger partial charge >= 0.3 is 5.97 Å². The molecule has 1 aromatic heterocycles. The largest absolute Gasteiger partial charge is 0.481 e. The van der Waals surface area contributed by atoms with Gasteiger partial charge in [0.1, 0.15) is 11.7 Å². The number of allylic oxidation sites excluding steroid dienone is 2. The van der Waals surface area contributed by atoms with Crippen LogP contribution in [0.4, 0.5) is 5.82 Å². The molecule has 2 unspecified atom stereocenters. The van der Waals surface area contributed by atoms with E-state index in [-0.39, 0.29) is 0 Å². The Balaban J connectivity index is 1.99. The molecule has 2 aromatic rings. The molecule has 5 nitrogen and oxygen atoms in total. The molecule has 0 bridgehead atoms. The highest BCUT2D eigenvalue weighted by atomic mass is 16.4. The number of rotatable bonds is 4. The first-order chi connectivity index (χ1) is 11.0. The summed E-state index contributed by atoms with van der Waals surface area (Å²) in [5.74, 6) is -0.738. The summed E-state index contributed by atoms with van der Waals surface area (Å²) in [6, 6.07) is 11.7. The standard InChI is InChI=1S/C18H19N3O2/c1-13-12-16(21(20-13)14-8-4-3-5-9-14)19-18(2)11-7-6-10-15(18)17(22)23/h3-12,15,19H,1-2H3,(H,22,23). The molecule has 1 aliphatic rings. The second-order valence-electron chi connectivity index (χ2n) is 5.89. The molecule has 0 spiro atoms. The van der Waals surface area contributed by atoms with E-state index in [2.05, 4.69) is 10.4 Å². The zero-order valence-electron chi connectivity index (χ0n) is 13.1. The molecular weight excluding hydrogens is 290 g/mol. The van der Waals surface area contributed by atoms with Gasteiger partial charge < -0.3 is 10.4 Å². The highest BCUT2D eigenvalue weighted by molar-refractivity contribution is 5.76. The minimum atomic E-state index is -0.858. The number of nitrogens with zero attached hydrogens (tertiary/aromatic N) is 2. The lowest BCUT2D eigenvalue weighted by Gasteiger charge is -2.34. The van der Waals surface area contributed by atoms with Gasteiger partial charge in [-0.3, -0.25) is 4.79 Å². The maximum atomic E-state index is 11.6.